The van der Waals surface area contributed by atoms with E-state index in [1.54, 1.807) is 0 Å². The fourth-order valence-electron chi connectivity index (χ4n) is 11.1. The van der Waals surface area contributed by atoms with Crippen LogP contribution in [-0.4, -0.2) is 0 Å². The lowest BCUT2D eigenvalue weighted by Crippen LogP contribution is -2.32. The molecule has 3 heteroatoms. The van der Waals surface area contributed by atoms with Crippen molar-refractivity contribution in [3.63, 3.8) is 0 Å². The first-order valence-electron chi connectivity index (χ1n) is 20.3. The van der Waals surface area contributed by atoms with Gasteiger partial charge in [0.2, 0.25) is 0 Å². The summed E-state index contributed by atoms with van der Waals surface area (Å²) in [6.45, 7) is 0. The van der Waals surface area contributed by atoms with Gasteiger partial charge in [0.1, 0.15) is 0 Å². The molecule has 59 heavy (non-hydrogen) atoms. The molecule has 0 bridgehead atoms. The zero-order chi connectivity index (χ0) is 38.7. The number of nitrogens with zero attached hydrogens (tertiary/aromatic N) is 1. The Morgan fingerprint density at radius 3 is 1.29 bits per heavy atom. The molecule has 0 fully saturated rings. The van der Waals surface area contributed by atoms with Gasteiger partial charge < -0.3 is 4.90 Å². The highest BCUT2D eigenvalue weighted by Crippen LogP contribution is 2.66. The molecule has 0 atom stereocenters. The Morgan fingerprint density at radius 1 is 0.288 bits per heavy atom. The molecule has 0 saturated heterocycles. The molecule has 1 nitrogen and oxygen atoms in total. The predicted octanol–water partition coefficient (Wildman–Crippen LogP) is 14.8. The minimum Gasteiger partial charge on any atom is -0.310 e. The number of para-hydroxylation sites is 1. The Balaban J connectivity index is 1.11. The summed E-state index contributed by atoms with van der Waals surface area (Å²) in [4.78, 5) is 7.78. The molecular weight excluding hydrogens is 751 g/mol. The van der Waals surface area contributed by atoms with Gasteiger partial charge in [-0.15, -0.1) is 0 Å². The van der Waals surface area contributed by atoms with Crippen LogP contribution >= 0.6 is 23.5 Å². The normalized spacial score (nSPS) is 14.9. The Morgan fingerprint density at radius 2 is 0.712 bits per heavy atom. The SMILES string of the molecule is c1ccc(N(c2ccc3c(c2)C2(c4ccccc4Sc4ccccc42)c2ccccc2-3)c2cccc3c2-c2ccccc2C32c3ccccc3Sc3ccccc32)cc1. The van der Waals surface area contributed by atoms with Crippen molar-refractivity contribution in [3.8, 4) is 22.3 Å². The van der Waals surface area contributed by atoms with Crippen LogP contribution in [0.5, 0.6) is 0 Å². The summed E-state index contributed by atoms with van der Waals surface area (Å²) in [7, 11) is 0. The standard InChI is InChI=1S/C56H35NS2/c1-2-17-36(18-3-1)57(37-33-34-39-38-19-4-6-21-41(38)56(48(39)35-37)45-25-10-14-31-52(45)59-53-32-15-11-26-46(53)56)49-28-16-27-47-54(49)40-20-5-7-22-42(40)55(47)43-23-8-12-29-50(43)58-51-30-13-9-24-44(51)55/h1-35H. The van der Waals surface area contributed by atoms with E-state index in [1.165, 1.54) is 92.0 Å². The Hall–Kier alpha value is -6.52. The van der Waals surface area contributed by atoms with Gasteiger partial charge in [-0.05, 0) is 116 Å². The van der Waals surface area contributed by atoms with E-state index < -0.39 is 10.8 Å². The molecule has 0 radical (unpaired) electrons. The van der Waals surface area contributed by atoms with Gasteiger partial charge in [0.05, 0.1) is 16.5 Å². The van der Waals surface area contributed by atoms with Crippen LogP contribution in [0.25, 0.3) is 22.3 Å². The van der Waals surface area contributed by atoms with Crippen LogP contribution in [-0.2, 0) is 10.8 Å². The molecule has 2 spiro atoms. The third kappa shape index (κ3) is 4.34. The summed E-state index contributed by atoms with van der Waals surface area (Å²) < 4.78 is 0. The highest BCUT2D eigenvalue weighted by atomic mass is 32.2. The molecule has 13 rings (SSSR count). The van der Waals surface area contributed by atoms with Gasteiger partial charge >= 0.3 is 0 Å². The van der Waals surface area contributed by atoms with Crippen molar-refractivity contribution in [2.75, 3.05) is 4.90 Å². The molecule has 0 amide bonds. The van der Waals surface area contributed by atoms with E-state index in [2.05, 4.69) is 217 Å². The summed E-state index contributed by atoms with van der Waals surface area (Å²) in [6.07, 6.45) is 0. The molecule has 4 aliphatic rings. The highest BCUT2D eigenvalue weighted by Gasteiger charge is 2.52. The molecular formula is C56H35NS2. The van der Waals surface area contributed by atoms with Crippen molar-refractivity contribution in [1.82, 2.24) is 0 Å². The largest absolute Gasteiger partial charge is 0.310 e. The average Bonchev–Trinajstić information content (AvgIpc) is 3.76. The van der Waals surface area contributed by atoms with E-state index in [1.807, 2.05) is 23.5 Å². The van der Waals surface area contributed by atoms with Crippen LogP contribution in [0, 0.1) is 0 Å². The van der Waals surface area contributed by atoms with Gasteiger partial charge in [-0.25, -0.2) is 0 Å². The van der Waals surface area contributed by atoms with Crippen LogP contribution in [0.15, 0.2) is 232 Å². The second kappa shape index (κ2) is 12.5. The lowest BCUT2D eigenvalue weighted by molar-refractivity contribution is 0.722. The molecule has 0 N–H and O–H groups in total. The van der Waals surface area contributed by atoms with E-state index >= 15 is 0 Å². The minimum absolute atomic E-state index is 0.459. The maximum absolute atomic E-state index is 2.52. The summed E-state index contributed by atoms with van der Waals surface area (Å²) in [5.41, 5.74) is 18.4. The molecule has 0 unspecified atom stereocenters. The van der Waals surface area contributed by atoms with E-state index in [-0.39, 0.29) is 0 Å². The van der Waals surface area contributed by atoms with Crippen molar-refractivity contribution in [2.45, 2.75) is 30.4 Å². The number of hydrogen-bond donors (Lipinski definition) is 0. The van der Waals surface area contributed by atoms with Crippen LogP contribution in [0.1, 0.15) is 44.5 Å². The maximum atomic E-state index is 2.52. The maximum Gasteiger partial charge on any atom is 0.0736 e. The van der Waals surface area contributed by atoms with E-state index in [4.69, 9.17) is 0 Å². The summed E-state index contributed by atoms with van der Waals surface area (Å²) in [6, 6.07) is 79.8. The molecule has 276 valence electrons. The van der Waals surface area contributed by atoms with Crippen molar-refractivity contribution in [1.29, 1.82) is 0 Å². The van der Waals surface area contributed by atoms with Gasteiger partial charge in [0.25, 0.3) is 0 Å². The summed E-state index contributed by atoms with van der Waals surface area (Å²) >= 11 is 3.78. The van der Waals surface area contributed by atoms with Crippen LogP contribution in [0.2, 0.25) is 0 Å². The van der Waals surface area contributed by atoms with Crippen molar-refractivity contribution >= 4 is 40.6 Å². The third-order valence-electron chi connectivity index (χ3n) is 13.2. The van der Waals surface area contributed by atoms with E-state index in [0.717, 1.165) is 11.4 Å². The molecule has 9 aromatic rings. The average molecular weight is 786 g/mol. The number of fused-ring (bicyclic) bond motifs is 18. The second-order valence-electron chi connectivity index (χ2n) is 15.9. The third-order valence-corrected chi connectivity index (χ3v) is 15.5. The van der Waals surface area contributed by atoms with Crippen molar-refractivity contribution in [3.05, 3.63) is 257 Å². The fraction of sp³-hybridized carbons (Fsp3) is 0.0357. The van der Waals surface area contributed by atoms with Gasteiger partial charge in [-0.2, -0.15) is 0 Å². The lowest BCUT2D eigenvalue weighted by Gasteiger charge is -2.40. The monoisotopic (exact) mass is 785 g/mol. The van der Waals surface area contributed by atoms with Gasteiger partial charge in [0.15, 0.2) is 0 Å². The highest BCUT2D eigenvalue weighted by molar-refractivity contribution is 7.99. The minimum atomic E-state index is -0.467. The van der Waals surface area contributed by atoms with Crippen molar-refractivity contribution < 1.29 is 0 Å². The van der Waals surface area contributed by atoms with Gasteiger partial charge in [-0.1, -0.05) is 181 Å². The second-order valence-corrected chi connectivity index (χ2v) is 18.0. The van der Waals surface area contributed by atoms with E-state index in [9.17, 15) is 0 Å². The summed E-state index contributed by atoms with van der Waals surface area (Å²) in [5, 5.41) is 0. The number of hydrogen-bond acceptors (Lipinski definition) is 3. The first-order chi connectivity index (χ1) is 29.3. The van der Waals surface area contributed by atoms with Gasteiger partial charge in [0, 0.05) is 36.5 Å². The van der Waals surface area contributed by atoms with Crippen molar-refractivity contribution in [2.24, 2.45) is 0 Å². The Bertz CT molecular complexity index is 3110. The molecule has 2 aliphatic heterocycles. The Labute approximate surface area is 353 Å². The van der Waals surface area contributed by atoms with Crippen LogP contribution < -0.4 is 4.90 Å². The first kappa shape index (κ1) is 33.5. The fourth-order valence-corrected chi connectivity index (χ4v) is 13.4. The quantitative estimate of drug-likeness (QED) is 0.176. The number of benzene rings is 9. The number of rotatable bonds is 3. The zero-order valence-electron chi connectivity index (χ0n) is 32.0. The Kier molecular flexibility index (Phi) is 7.08. The van der Waals surface area contributed by atoms with Crippen LogP contribution in [0.4, 0.5) is 17.1 Å². The number of anilines is 3. The molecule has 0 saturated carbocycles. The zero-order valence-corrected chi connectivity index (χ0v) is 33.6. The molecule has 2 heterocycles. The molecule has 9 aromatic carbocycles. The van der Waals surface area contributed by atoms with Gasteiger partial charge in [-0.3, -0.25) is 0 Å². The molecule has 0 aromatic heterocycles. The van der Waals surface area contributed by atoms with Crippen LogP contribution in [0.3, 0.4) is 0 Å². The smallest absolute Gasteiger partial charge is 0.0736 e. The topological polar surface area (TPSA) is 3.24 Å². The van der Waals surface area contributed by atoms with E-state index in [0.29, 0.717) is 0 Å². The first-order valence-corrected chi connectivity index (χ1v) is 22.0. The lowest BCUT2D eigenvalue weighted by atomic mass is 9.67. The molecule has 2 aliphatic carbocycles. The summed E-state index contributed by atoms with van der Waals surface area (Å²) in [5.74, 6) is 0. The predicted molar refractivity (Wildman–Crippen MR) is 244 cm³/mol.